The molecule has 5 nitrogen and oxygen atoms in total. The van der Waals surface area contributed by atoms with Crippen LogP contribution in [0.1, 0.15) is 25.3 Å². The van der Waals surface area contributed by atoms with Crippen LogP contribution in [0.5, 0.6) is 5.75 Å². The fourth-order valence-electron chi connectivity index (χ4n) is 3.42. The van der Waals surface area contributed by atoms with Crippen LogP contribution >= 0.6 is 11.8 Å². The number of likely N-dealkylation sites (N-methyl/N-ethyl adjacent to an activating group) is 1. The Bertz CT molecular complexity index is 684. The molecule has 24 heavy (non-hydrogen) atoms. The predicted octanol–water partition coefficient (Wildman–Crippen LogP) is 2.25. The summed E-state index contributed by atoms with van der Waals surface area (Å²) >= 11 is 1.67. The third kappa shape index (κ3) is 2.85. The van der Waals surface area contributed by atoms with E-state index in [9.17, 15) is 14.0 Å². The largest absolute Gasteiger partial charge is 0.494 e. The average molecular weight is 352 g/mol. The normalized spacial score (nSPS) is 25.8. The predicted molar refractivity (Wildman–Crippen MR) is 90.2 cm³/mol. The van der Waals surface area contributed by atoms with Crippen molar-refractivity contribution < 1.29 is 18.7 Å². The SMILES string of the molecule is COc1ccc(CN(C)C(=O)C2CSC3(C)CCC(=O)N23)cc1F. The van der Waals surface area contributed by atoms with Crippen molar-refractivity contribution in [3.63, 3.8) is 0 Å². The third-order valence-corrected chi connectivity index (χ3v) is 6.25. The first-order chi connectivity index (χ1) is 11.4. The van der Waals surface area contributed by atoms with Crippen molar-refractivity contribution in [2.45, 2.75) is 37.2 Å². The molecule has 0 radical (unpaired) electrons. The van der Waals surface area contributed by atoms with Gasteiger partial charge in [0, 0.05) is 25.8 Å². The monoisotopic (exact) mass is 352 g/mol. The Kier molecular flexibility index (Phi) is 4.46. The van der Waals surface area contributed by atoms with E-state index in [0.29, 0.717) is 24.3 Å². The highest BCUT2D eigenvalue weighted by Crippen LogP contribution is 2.47. The number of fused-ring (bicyclic) bond motifs is 1. The molecule has 2 atom stereocenters. The van der Waals surface area contributed by atoms with Crippen LogP contribution in [0.3, 0.4) is 0 Å². The van der Waals surface area contributed by atoms with Crippen molar-refractivity contribution in [1.82, 2.24) is 9.80 Å². The molecule has 130 valence electrons. The Morgan fingerprint density at radius 1 is 1.54 bits per heavy atom. The van der Waals surface area contributed by atoms with Crippen LogP contribution in [-0.2, 0) is 16.1 Å². The van der Waals surface area contributed by atoms with Crippen molar-refractivity contribution in [1.29, 1.82) is 0 Å². The minimum Gasteiger partial charge on any atom is -0.494 e. The lowest BCUT2D eigenvalue weighted by atomic mass is 10.1. The number of hydrogen-bond acceptors (Lipinski definition) is 4. The fraction of sp³-hybridized carbons (Fsp3) is 0.529. The molecule has 2 aliphatic rings. The molecule has 7 heteroatoms. The smallest absolute Gasteiger partial charge is 0.246 e. The molecule has 2 heterocycles. The first kappa shape index (κ1) is 17.1. The highest BCUT2D eigenvalue weighted by molar-refractivity contribution is 8.01. The lowest BCUT2D eigenvalue weighted by Crippen LogP contribution is -2.50. The molecule has 0 saturated carbocycles. The van der Waals surface area contributed by atoms with E-state index in [-0.39, 0.29) is 22.4 Å². The van der Waals surface area contributed by atoms with Crippen molar-refractivity contribution in [2.75, 3.05) is 19.9 Å². The topological polar surface area (TPSA) is 49.9 Å². The number of benzene rings is 1. The molecule has 1 aromatic carbocycles. The van der Waals surface area contributed by atoms with E-state index in [1.807, 2.05) is 6.92 Å². The summed E-state index contributed by atoms with van der Waals surface area (Å²) in [5.41, 5.74) is 0.685. The van der Waals surface area contributed by atoms with Gasteiger partial charge in [0.15, 0.2) is 11.6 Å². The standard InChI is InChI=1S/C17H21FN2O3S/c1-17-7-6-15(21)20(17)13(10-24-17)16(22)19(2)9-11-4-5-14(23-3)12(18)8-11/h4-5,8,13H,6-7,9-10H2,1-3H3. The number of halogens is 1. The van der Waals surface area contributed by atoms with Gasteiger partial charge in [-0.3, -0.25) is 9.59 Å². The van der Waals surface area contributed by atoms with Gasteiger partial charge in [-0.2, -0.15) is 0 Å². The van der Waals surface area contributed by atoms with Crippen molar-refractivity contribution in [3.8, 4) is 5.75 Å². The van der Waals surface area contributed by atoms with Crippen LogP contribution in [0.2, 0.25) is 0 Å². The summed E-state index contributed by atoms with van der Waals surface area (Å²) in [6.07, 6.45) is 1.29. The number of ether oxygens (including phenoxy) is 1. The molecule has 2 aliphatic heterocycles. The summed E-state index contributed by atoms with van der Waals surface area (Å²) in [6, 6.07) is 4.23. The van der Waals surface area contributed by atoms with Gasteiger partial charge < -0.3 is 14.5 Å². The second kappa shape index (κ2) is 6.27. The van der Waals surface area contributed by atoms with E-state index < -0.39 is 11.9 Å². The summed E-state index contributed by atoms with van der Waals surface area (Å²) in [5, 5.41) is 0. The number of carbonyl (C=O) groups is 2. The third-order valence-electron chi connectivity index (χ3n) is 4.74. The molecule has 1 aromatic rings. The van der Waals surface area contributed by atoms with Crippen LogP contribution in [0, 0.1) is 5.82 Å². The van der Waals surface area contributed by atoms with E-state index in [1.54, 1.807) is 40.7 Å². The van der Waals surface area contributed by atoms with Gasteiger partial charge in [-0.1, -0.05) is 6.07 Å². The van der Waals surface area contributed by atoms with E-state index >= 15 is 0 Å². The summed E-state index contributed by atoms with van der Waals surface area (Å²) < 4.78 is 18.7. The van der Waals surface area contributed by atoms with Crippen molar-refractivity contribution >= 4 is 23.6 Å². The van der Waals surface area contributed by atoms with Gasteiger partial charge >= 0.3 is 0 Å². The van der Waals surface area contributed by atoms with Crippen molar-refractivity contribution in [3.05, 3.63) is 29.6 Å². The fourth-order valence-corrected chi connectivity index (χ4v) is 4.84. The Morgan fingerprint density at radius 3 is 2.96 bits per heavy atom. The van der Waals surface area contributed by atoms with Crippen LogP contribution in [0.4, 0.5) is 4.39 Å². The van der Waals surface area contributed by atoms with E-state index in [2.05, 4.69) is 0 Å². The zero-order valence-electron chi connectivity index (χ0n) is 14.0. The van der Waals surface area contributed by atoms with Gasteiger partial charge in [-0.25, -0.2) is 4.39 Å². The maximum Gasteiger partial charge on any atom is 0.246 e. The average Bonchev–Trinajstić information content (AvgIpc) is 3.03. The van der Waals surface area contributed by atoms with Crippen molar-refractivity contribution in [2.24, 2.45) is 0 Å². The number of methoxy groups -OCH3 is 1. The molecule has 2 amide bonds. The lowest BCUT2D eigenvalue weighted by molar-refractivity contribution is -0.143. The molecule has 2 fully saturated rings. The van der Waals surface area contributed by atoms with Gasteiger partial charge in [0.25, 0.3) is 0 Å². The molecule has 0 aromatic heterocycles. The molecule has 2 saturated heterocycles. The highest BCUT2D eigenvalue weighted by Gasteiger charge is 2.53. The van der Waals surface area contributed by atoms with E-state index in [4.69, 9.17) is 4.74 Å². The van der Waals surface area contributed by atoms with E-state index in [0.717, 1.165) is 6.42 Å². The first-order valence-electron chi connectivity index (χ1n) is 7.89. The Balaban J connectivity index is 1.71. The molecule has 3 rings (SSSR count). The summed E-state index contributed by atoms with van der Waals surface area (Å²) in [5.74, 6) is 0.290. The van der Waals surface area contributed by atoms with Gasteiger partial charge in [0.1, 0.15) is 6.04 Å². The zero-order valence-corrected chi connectivity index (χ0v) is 14.9. The minimum atomic E-state index is -0.449. The van der Waals surface area contributed by atoms with Gasteiger partial charge in [-0.05, 0) is 31.0 Å². The molecular formula is C17H21FN2O3S. The quantitative estimate of drug-likeness (QED) is 0.834. The molecule has 0 bridgehead atoms. The highest BCUT2D eigenvalue weighted by atomic mass is 32.2. The van der Waals surface area contributed by atoms with Gasteiger partial charge in [-0.15, -0.1) is 11.8 Å². The summed E-state index contributed by atoms with van der Waals surface area (Å²) in [6.45, 7) is 2.31. The summed E-state index contributed by atoms with van der Waals surface area (Å²) in [7, 11) is 3.10. The summed E-state index contributed by atoms with van der Waals surface area (Å²) in [4.78, 5) is 28.0. The minimum absolute atomic E-state index is 0.0461. The van der Waals surface area contributed by atoms with Gasteiger partial charge in [0.2, 0.25) is 11.8 Å². The maximum atomic E-state index is 13.8. The Hall–Kier alpha value is -1.76. The molecule has 2 unspecified atom stereocenters. The van der Waals surface area contributed by atoms with Crippen LogP contribution < -0.4 is 4.74 Å². The second-order valence-electron chi connectivity index (χ2n) is 6.43. The molecule has 0 N–H and O–H groups in total. The van der Waals surface area contributed by atoms with Crippen LogP contribution in [0.25, 0.3) is 0 Å². The Morgan fingerprint density at radius 2 is 2.29 bits per heavy atom. The number of thioether (sulfide) groups is 1. The van der Waals surface area contributed by atoms with Crippen LogP contribution in [-0.4, -0.2) is 52.4 Å². The number of carbonyl (C=O) groups excluding carboxylic acids is 2. The first-order valence-corrected chi connectivity index (χ1v) is 8.88. The molecule has 0 spiro atoms. The number of hydrogen-bond donors (Lipinski definition) is 0. The van der Waals surface area contributed by atoms with E-state index in [1.165, 1.54) is 13.2 Å². The lowest BCUT2D eigenvalue weighted by Gasteiger charge is -2.32. The second-order valence-corrected chi connectivity index (χ2v) is 7.93. The zero-order chi connectivity index (χ0) is 17.5. The number of rotatable bonds is 4. The molecular weight excluding hydrogens is 331 g/mol. The maximum absolute atomic E-state index is 13.8. The number of amides is 2. The number of nitrogens with zero attached hydrogens (tertiary/aromatic N) is 2. The Labute approximate surface area is 145 Å². The van der Waals surface area contributed by atoms with Crippen LogP contribution in [0.15, 0.2) is 18.2 Å². The molecule has 0 aliphatic carbocycles. The van der Waals surface area contributed by atoms with Gasteiger partial charge in [0.05, 0.1) is 12.0 Å².